The van der Waals surface area contributed by atoms with Gasteiger partial charge in [-0.2, -0.15) is 0 Å². The number of hydrogen-bond acceptors (Lipinski definition) is 3. The second-order valence-electron chi connectivity index (χ2n) is 5.84. The minimum Gasteiger partial charge on any atom is -0.322 e. The Kier molecular flexibility index (Phi) is 7.91. The molecule has 22 heavy (non-hydrogen) atoms. The molecule has 0 saturated heterocycles. The summed E-state index contributed by atoms with van der Waals surface area (Å²) in [6.07, 6.45) is 6.76. The van der Waals surface area contributed by atoms with Gasteiger partial charge in [-0.1, -0.05) is 33.1 Å². The molecule has 0 spiro atoms. The van der Waals surface area contributed by atoms with Gasteiger partial charge in [-0.05, 0) is 32.6 Å². The molecule has 1 rings (SSSR count). The maximum absolute atomic E-state index is 12.2. The van der Waals surface area contributed by atoms with Gasteiger partial charge in [-0.3, -0.25) is 15.4 Å². The topological polar surface area (TPSA) is 78.5 Å². The molecule has 1 saturated carbocycles. The van der Waals surface area contributed by atoms with Crippen molar-refractivity contribution in [2.45, 2.75) is 71.8 Å². The van der Waals surface area contributed by atoms with E-state index in [0.717, 1.165) is 25.7 Å². The van der Waals surface area contributed by atoms with Crippen molar-refractivity contribution in [3.63, 3.8) is 0 Å². The highest BCUT2D eigenvalue weighted by Crippen LogP contribution is 2.22. The van der Waals surface area contributed by atoms with Gasteiger partial charge in [0.15, 0.2) is 0 Å². The molecule has 126 valence electrons. The van der Waals surface area contributed by atoms with Gasteiger partial charge >= 0.3 is 12.1 Å². The van der Waals surface area contributed by atoms with Crippen LogP contribution in [0.25, 0.3) is 0 Å². The molecule has 6 heteroatoms. The van der Waals surface area contributed by atoms with E-state index in [9.17, 15) is 14.4 Å². The first-order valence-electron chi connectivity index (χ1n) is 8.45. The number of carbonyl (C=O) groups excluding carboxylic acids is 3. The predicted octanol–water partition coefficient (Wildman–Crippen LogP) is 3.02. The van der Waals surface area contributed by atoms with Crippen molar-refractivity contribution in [1.29, 1.82) is 0 Å². The summed E-state index contributed by atoms with van der Waals surface area (Å²) in [5.74, 6) is -0.516. The van der Waals surface area contributed by atoms with E-state index in [1.165, 1.54) is 6.42 Å². The Hall–Kier alpha value is -1.59. The van der Waals surface area contributed by atoms with E-state index in [-0.39, 0.29) is 17.9 Å². The third-order valence-corrected chi connectivity index (χ3v) is 4.43. The minimum atomic E-state index is -0.726. The molecule has 6 nitrogen and oxygen atoms in total. The minimum absolute atomic E-state index is 0.193. The number of nitrogens with zero attached hydrogens (tertiary/aromatic N) is 1. The van der Waals surface area contributed by atoms with Crippen LogP contribution in [0.4, 0.5) is 9.59 Å². The molecule has 0 heterocycles. The third-order valence-electron chi connectivity index (χ3n) is 4.43. The van der Waals surface area contributed by atoms with E-state index in [0.29, 0.717) is 19.4 Å². The zero-order valence-corrected chi connectivity index (χ0v) is 14.0. The standard InChI is InChI=1S/C16H29N3O3/c1-4-12(5-2)14(20)17-15(21)18-16(22)19(6-3)13-10-8-7-9-11-13/h12-13H,4-11H2,1-3H3,(H2,17,18,20,21,22). The van der Waals surface area contributed by atoms with Gasteiger partial charge in [0.2, 0.25) is 5.91 Å². The highest BCUT2D eigenvalue weighted by Gasteiger charge is 2.26. The van der Waals surface area contributed by atoms with Crippen LogP contribution in [0.5, 0.6) is 0 Å². The zero-order valence-electron chi connectivity index (χ0n) is 14.0. The fraction of sp³-hybridized carbons (Fsp3) is 0.812. The maximum atomic E-state index is 12.2. The molecule has 0 aromatic carbocycles. The third kappa shape index (κ3) is 5.31. The SMILES string of the molecule is CCC(CC)C(=O)NC(=O)NC(=O)N(CC)C1CCCCC1. The largest absolute Gasteiger partial charge is 0.329 e. The fourth-order valence-corrected chi connectivity index (χ4v) is 3.03. The van der Waals surface area contributed by atoms with Crippen LogP contribution >= 0.6 is 0 Å². The molecule has 1 aliphatic carbocycles. The Morgan fingerprint density at radius 2 is 1.59 bits per heavy atom. The highest BCUT2D eigenvalue weighted by atomic mass is 16.2. The lowest BCUT2D eigenvalue weighted by Crippen LogP contribution is -2.52. The van der Waals surface area contributed by atoms with Crippen LogP contribution in [-0.4, -0.2) is 35.5 Å². The van der Waals surface area contributed by atoms with Gasteiger partial charge in [-0.25, -0.2) is 9.59 Å². The van der Waals surface area contributed by atoms with E-state index in [2.05, 4.69) is 10.6 Å². The summed E-state index contributed by atoms with van der Waals surface area (Å²) >= 11 is 0. The second-order valence-corrected chi connectivity index (χ2v) is 5.84. The lowest BCUT2D eigenvalue weighted by atomic mass is 9.94. The first-order chi connectivity index (χ1) is 10.5. The average Bonchev–Trinajstić information content (AvgIpc) is 2.50. The Morgan fingerprint density at radius 3 is 2.09 bits per heavy atom. The molecular formula is C16H29N3O3. The van der Waals surface area contributed by atoms with Crippen LogP contribution in [0, 0.1) is 5.92 Å². The molecule has 0 aromatic heterocycles. The monoisotopic (exact) mass is 311 g/mol. The maximum Gasteiger partial charge on any atom is 0.329 e. The first-order valence-corrected chi connectivity index (χ1v) is 8.45. The number of imide groups is 2. The summed E-state index contributed by atoms with van der Waals surface area (Å²) in [5, 5.41) is 4.54. The number of urea groups is 2. The Labute approximate surface area is 133 Å². The number of nitrogens with one attached hydrogen (secondary N) is 2. The molecular weight excluding hydrogens is 282 g/mol. The van der Waals surface area contributed by atoms with Crippen molar-refractivity contribution >= 4 is 18.0 Å². The van der Waals surface area contributed by atoms with Gasteiger partial charge in [0.05, 0.1) is 0 Å². The lowest BCUT2D eigenvalue weighted by molar-refractivity contribution is -0.124. The lowest BCUT2D eigenvalue weighted by Gasteiger charge is -2.33. The van der Waals surface area contributed by atoms with Crippen molar-refractivity contribution in [1.82, 2.24) is 15.5 Å². The van der Waals surface area contributed by atoms with E-state index >= 15 is 0 Å². The van der Waals surface area contributed by atoms with Crippen molar-refractivity contribution in [2.24, 2.45) is 5.92 Å². The molecule has 0 unspecified atom stereocenters. The molecule has 1 fully saturated rings. The van der Waals surface area contributed by atoms with Crippen LogP contribution in [0.1, 0.15) is 65.7 Å². The highest BCUT2D eigenvalue weighted by molar-refractivity contribution is 6.02. The van der Waals surface area contributed by atoms with E-state index in [1.54, 1.807) is 4.90 Å². The summed E-state index contributed by atoms with van der Waals surface area (Å²) in [6, 6.07) is -0.943. The molecule has 0 bridgehead atoms. The first kappa shape index (κ1) is 18.5. The van der Waals surface area contributed by atoms with Crippen molar-refractivity contribution in [3.05, 3.63) is 0 Å². The fourth-order valence-electron chi connectivity index (χ4n) is 3.03. The molecule has 0 aromatic rings. The van der Waals surface area contributed by atoms with Gasteiger partial charge in [0.25, 0.3) is 0 Å². The summed E-state index contributed by atoms with van der Waals surface area (Å²) < 4.78 is 0. The summed E-state index contributed by atoms with van der Waals surface area (Å²) in [7, 11) is 0. The van der Waals surface area contributed by atoms with E-state index < -0.39 is 12.1 Å². The quantitative estimate of drug-likeness (QED) is 0.819. The molecule has 2 N–H and O–H groups in total. The smallest absolute Gasteiger partial charge is 0.322 e. The van der Waals surface area contributed by atoms with Gasteiger partial charge in [-0.15, -0.1) is 0 Å². The van der Waals surface area contributed by atoms with Crippen molar-refractivity contribution in [2.75, 3.05) is 6.54 Å². The molecule has 0 radical (unpaired) electrons. The molecule has 0 atom stereocenters. The summed E-state index contributed by atoms with van der Waals surface area (Å²) in [6.45, 7) is 6.27. The van der Waals surface area contributed by atoms with Gasteiger partial charge in [0, 0.05) is 18.5 Å². The van der Waals surface area contributed by atoms with Crippen LogP contribution in [-0.2, 0) is 4.79 Å². The second kappa shape index (κ2) is 9.43. The van der Waals surface area contributed by atoms with Gasteiger partial charge in [0.1, 0.15) is 0 Å². The number of amides is 5. The van der Waals surface area contributed by atoms with Crippen molar-refractivity contribution in [3.8, 4) is 0 Å². The summed E-state index contributed by atoms with van der Waals surface area (Å²) in [5.41, 5.74) is 0. The van der Waals surface area contributed by atoms with Gasteiger partial charge < -0.3 is 4.90 Å². The number of carbonyl (C=O) groups is 3. The molecule has 0 aliphatic heterocycles. The normalized spacial score (nSPS) is 15.5. The van der Waals surface area contributed by atoms with Crippen LogP contribution in [0.15, 0.2) is 0 Å². The zero-order chi connectivity index (χ0) is 16.5. The van der Waals surface area contributed by atoms with E-state index in [1.807, 2.05) is 20.8 Å². The van der Waals surface area contributed by atoms with Crippen molar-refractivity contribution < 1.29 is 14.4 Å². The van der Waals surface area contributed by atoms with Crippen LogP contribution < -0.4 is 10.6 Å². The average molecular weight is 311 g/mol. The molecule has 5 amide bonds. The van der Waals surface area contributed by atoms with Crippen LogP contribution in [0.3, 0.4) is 0 Å². The molecule has 1 aliphatic rings. The predicted molar refractivity (Wildman–Crippen MR) is 85.4 cm³/mol. The number of hydrogen-bond donors (Lipinski definition) is 2. The van der Waals surface area contributed by atoms with Crippen LogP contribution in [0.2, 0.25) is 0 Å². The Morgan fingerprint density at radius 1 is 1.00 bits per heavy atom. The Bertz CT molecular complexity index is 388. The summed E-state index contributed by atoms with van der Waals surface area (Å²) in [4.78, 5) is 37.6. The van der Waals surface area contributed by atoms with E-state index in [4.69, 9.17) is 0 Å². The Balaban J connectivity index is 2.50. The number of rotatable bonds is 5.